The third-order valence-corrected chi connectivity index (χ3v) is 10.9. The average Bonchev–Trinajstić information content (AvgIpc) is 2.84. The predicted octanol–water partition coefficient (Wildman–Crippen LogP) is 3.16. The van der Waals surface area contributed by atoms with Gasteiger partial charge in [0, 0.05) is 35.5 Å². The Labute approximate surface area is 269 Å². The second-order valence-electron chi connectivity index (χ2n) is 13.0. The van der Waals surface area contributed by atoms with Crippen LogP contribution in [-0.4, -0.2) is 62.8 Å². The average molecular weight is 672 g/mol. The van der Waals surface area contributed by atoms with Gasteiger partial charge in [0.1, 0.15) is 11.5 Å². The summed E-state index contributed by atoms with van der Waals surface area (Å²) in [6.07, 6.45) is 7.82. The first-order valence-electron chi connectivity index (χ1n) is 14.3. The zero-order chi connectivity index (χ0) is 32.4. The molecule has 11 heteroatoms. The van der Waals surface area contributed by atoms with Crippen LogP contribution in [0, 0.1) is 13.8 Å². The quantitative estimate of drug-likeness (QED) is 0.357. The van der Waals surface area contributed by atoms with Crippen LogP contribution in [0.2, 0.25) is 39.3 Å². The molecule has 0 saturated heterocycles. The van der Waals surface area contributed by atoms with Crippen molar-refractivity contribution in [3.8, 4) is 11.5 Å². The second-order valence-corrected chi connectivity index (χ2v) is 23.1. The molecule has 0 bridgehead atoms. The number of hydrogen-bond donors (Lipinski definition) is 2. The molecule has 1 saturated carbocycles. The molecule has 8 nitrogen and oxygen atoms in total. The first-order chi connectivity index (χ1) is 19.2. The van der Waals surface area contributed by atoms with Crippen molar-refractivity contribution >= 4 is 50.9 Å². The monoisotopic (exact) mass is 671 g/mol. The van der Waals surface area contributed by atoms with E-state index < -0.39 is 28.1 Å². The number of phenolic OH excluding ortho intramolecular Hbond substituents is 2. The third kappa shape index (κ3) is 14.5. The van der Waals surface area contributed by atoms with E-state index in [0.29, 0.717) is 11.5 Å². The molecule has 3 rings (SSSR count). The molecule has 2 aromatic rings. The number of rotatable bonds is 6. The molecular weight excluding hydrogens is 623 g/mol. The maximum Gasteiger partial charge on any atom is 2.00 e. The van der Waals surface area contributed by atoms with E-state index in [1.807, 2.05) is 26.3 Å². The Kier molecular flexibility index (Phi) is 16.4. The van der Waals surface area contributed by atoms with Gasteiger partial charge < -0.3 is 30.0 Å². The zero-order valence-electron chi connectivity index (χ0n) is 27.2. The van der Waals surface area contributed by atoms with Gasteiger partial charge in [-0.3, -0.25) is 9.98 Å². The van der Waals surface area contributed by atoms with E-state index in [0.717, 1.165) is 61.8 Å². The number of carboxylic acids is 2. The second kappa shape index (κ2) is 17.5. The van der Waals surface area contributed by atoms with Crippen LogP contribution >= 0.6 is 0 Å². The van der Waals surface area contributed by atoms with Crippen LogP contribution in [0.1, 0.15) is 61.8 Å². The number of carboxylic acid groups (broad SMARTS) is 2. The summed E-state index contributed by atoms with van der Waals surface area (Å²) in [6.45, 7) is 19.8. The normalized spacial score (nSPS) is 16.9. The van der Waals surface area contributed by atoms with E-state index in [9.17, 15) is 10.2 Å². The van der Waals surface area contributed by atoms with Crippen LogP contribution in [0.5, 0.6) is 11.5 Å². The van der Waals surface area contributed by atoms with Gasteiger partial charge in [0.05, 0.1) is 28.2 Å². The minimum Gasteiger partial charge on any atom is -0.550 e. The van der Waals surface area contributed by atoms with Gasteiger partial charge in [-0.05, 0) is 64.5 Å². The van der Waals surface area contributed by atoms with Crippen LogP contribution < -0.4 is 20.6 Å². The zero-order valence-corrected chi connectivity index (χ0v) is 30.2. The van der Waals surface area contributed by atoms with Gasteiger partial charge in [-0.1, -0.05) is 73.9 Å². The van der Waals surface area contributed by atoms with Gasteiger partial charge in [-0.15, -0.1) is 0 Å². The predicted molar refractivity (Wildman–Crippen MR) is 174 cm³/mol. The number of benzene rings is 2. The molecule has 1 aliphatic rings. The molecule has 1 fully saturated rings. The molecule has 0 aliphatic heterocycles. The van der Waals surface area contributed by atoms with Crippen molar-refractivity contribution in [2.45, 2.75) is 105 Å². The number of hydrogen-bond acceptors (Lipinski definition) is 8. The summed E-state index contributed by atoms with van der Waals surface area (Å²) < 4.78 is 0. The van der Waals surface area contributed by atoms with Crippen LogP contribution in [-0.2, 0) is 26.4 Å². The van der Waals surface area contributed by atoms with E-state index >= 15 is 0 Å². The first kappa shape index (κ1) is 40.3. The van der Waals surface area contributed by atoms with Crippen molar-refractivity contribution in [1.29, 1.82) is 0 Å². The Balaban J connectivity index is 0.00000174. The van der Waals surface area contributed by atoms with Crippen molar-refractivity contribution in [2.24, 2.45) is 9.98 Å². The molecule has 239 valence electrons. The molecule has 2 atom stereocenters. The molecule has 0 amide bonds. The molecule has 1 radical (unpaired) electrons. The van der Waals surface area contributed by atoms with Crippen LogP contribution in [0.25, 0.3) is 0 Å². The van der Waals surface area contributed by atoms with Crippen molar-refractivity contribution < 1.29 is 46.8 Å². The number of aryl methyl sites for hydroxylation is 2. The number of carbonyl (C=O) groups is 2. The summed E-state index contributed by atoms with van der Waals surface area (Å²) in [5.74, 6) is -1.49. The largest absolute Gasteiger partial charge is 2.00 e. The number of phenols is 2. The van der Waals surface area contributed by atoms with Crippen molar-refractivity contribution in [3.63, 3.8) is 0 Å². The fourth-order valence-corrected chi connectivity index (χ4v) is 6.93. The standard InChI is InChI=1S/C28H42N2O2Si2.2C2H4O2.Co/c1-19-12-25(33(3,4)5)14-21(27(19)31)17-29-23-10-9-11-24(16-23)30-18-22-15-26(34(6,7)8)13-20(2)28(22)32;2*1-2(3)4;/h12-15,17-18,23-24,31-32H,9-11,16H2,1-8H3;2*1H3,(H,3,4);/q;;;+2/p-2. The Hall–Kier alpha value is -2.74. The number of aliphatic carboxylic acids is 2. The molecular formula is C32H48CoN2O6Si2. The molecule has 0 aromatic heterocycles. The summed E-state index contributed by atoms with van der Waals surface area (Å²) >= 11 is 0. The summed E-state index contributed by atoms with van der Waals surface area (Å²) in [4.78, 5) is 27.5. The van der Waals surface area contributed by atoms with Crippen molar-refractivity contribution in [2.75, 3.05) is 0 Å². The van der Waals surface area contributed by atoms with Crippen LogP contribution in [0.15, 0.2) is 34.3 Å². The number of aromatic hydroxyl groups is 2. The van der Waals surface area contributed by atoms with Gasteiger partial charge in [-0.25, -0.2) is 0 Å². The van der Waals surface area contributed by atoms with Gasteiger partial charge in [0.15, 0.2) is 0 Å². The minimum absolute atomic E-state index is 0. The van der Waals surface area contributed by atoms with Gasteiger partial charge in [0.2, 0.25) is 0 Å². The van der Waals surface area contributed by atoms with Gasteiger partial charge in [0.25, 0.3) is 0 Å². The Morgan fingerprint density at radius 1 is 0.744 bits per heavy atom. The van der Waals surface area contributed by atoms with E-state index in [4.69, 9.17) is 29.8 Å². The number of carbonyl (C=O) groups excluding carboxylic acids is 2. The van der Waals surface area contributed by atoms with E-state index in [1.165, 1.54) is 10.4 Å². The fraction of sp³-hybridized carbons (Fsp3) is 0.500. The minimum atomic E-state index is -1.48. The Bertz CT molecular complexity index is 1190. The summed E-state index contributed by atoms with van der Waals surface area (Å²) in [5.41, 5.74) is 3.49. The maximum absolute atomic E-state index is 10.6. The number of aliphatic imine (C=N–C) groups is 2. The van der Waals surface area contributed by atoms with Crippen molar-refractivity contribution in [1.82, 2.24) is 0 Å². The summed E-state index contributed by atoms with van der Waals surface area (Å²) in [5, 5.41) is 41.6. The maximum atomic E-state index is 10.6. The molecule has 43 heavy (non-hydrogen) atoms. The molecule has 0 spiro atoms. The van der Waals surface area contributed by atoms with E-state index in [-0.39, 0.29) is 28.9 Å². The first-order valence-corrected chi connectivity index (χ1v) is 21.3. The Morgan fingerprint density at radius 3 is 1.33 bits per heavy atom. The molecule has 2 N–H and O–H groups in total. The SMILES string of the molecule is CC(=O)[O-].CC(=O)[O-].Cc1cc([Si](C)(C)C)cc(C=NC2CCCC(N=Cc3cc([Si](C)(C)C)cc(C)c3O)C2)c1O.[Co+2]. The van der Waals surface area contributed by atoms with Crippen LogP contribution in [0.3, 0.4) is 0 Å². The topological polar surface area (TPSA) is 145 Å². The van der Waals surface area contributed by atoms with E-state index in [1.54, 1.807) is 0 Å². The van der Waals surface area contributed by atoms with Gasteiger partial charge >= 0.3 is 16.8 Å². The number of nitrogens with zero attached hydrogens (tertiary/aromatic N) is 2. The molecule has 1 aliphatic carbocycles. The molecule has 0 heterocycles. The van der Waals surface area contributed by atoms with Crippen LogP contribution in [0.4, 0.5) is 0 Å². The smallest absolute Gasteiger partial charge is 0.550 e. The summed E-state index contributed by atoms with van der Waals surface area (Å²) in [7, 11) is -2.95. The van der Waals surface area contributed by atoms with Crippen molar-refractivity contribution in [3.05, 3.63) is 46.5 Å². The summed E-state index contributed by atoms with van der Waals surface area (Å²) in [6, 6.07) is 8.89. The van der Waals surface area contributed by atoms with Gasteiger partial charge in [-0.2, -0.15) is 0 Å². The molecule has 2 unspecified atom stereocenters. The molecule has 2 aromatic carbocycles. The van der Waals surface area contributed by atoms with E-state index in [2.05, 4.69) is 63.5 Å². The fourth-order valence-electron chi connectivity index (χ4n) is 4.46. The third-order valence-electron chi connectivity index (χ3n) is 6.86. The Morgan fingerprint density at radius 2 is 1.05 bits per heavy atom.